The molecule has 2 aromatic carbocycles. The second-order valence-corrected chi connectivity index (χ2v) is 8.23. The zero-order valence-electron chi connectivity index (χ0n) is 14.6. The van der Waals surface area contributed by atoms with Crippen molar-refractivity contribution in [1.82, 2.24) is 8.96 Å². The summed E-state index contributed by atoms with van der Waals surface area (Å²) in [7, 11) is -3.66. The van der Waals surface area contributed by atoms with Crippen molar-refractivity contribution in [1.29, 1.82) is 0 Å². The Morgan fingerprint density at radius 2 is 1.67 bits per heavy atom. The Balaban J connectivity index is 1.89. The van der Waals surface area contributed by atoms with E-state index in [1.54, 1.807) is 61.5 Å². The molecule has 6 heteroatoms. The minimum atomic E-state index is -3.66. The number of rotatable bonds is 4. The van der Waals surface area contributed by atoms with Crippen molar-refractivity contribution in [3.8, 4) is 11.1 Å². The van der Waals surface area contributed by atoms with Crippen LogP contribution in [0.25, 0.3) is 22.2 Å². The van der Waals surface area contributed by atoms with Crippen molar-refractivity contribution in [2.75, 3.05) is 0 Å². The van der Waals surface area contributed by atoms with Gasteiger partial charge in [0, 0.05) is 22.8 Å². The number of hydrogen-bond donors (Lipinski definition) is 0. The van der Waals surface area contributed by atoms with Gasteiger partial charge in [0.15, 0.2) is 5.65 Å². The van der Waals surface area contributed by atoms with Crippen LogP contribution in [-0.4, -0.2) is 17.4 Å². The van der Waals surface area contributed by atoms with Crippen molar-refractivity contribution in [2.45, 2.75) is 12.7 Å². The molecule has 0 fully saturated rings. The van der Waals surface area contributed by atoms with E-state index in [1.165, 1.54) is 16.2 Å². The van der Waals surface area contributed by atoms with Gasteiger partial charge in [-0.25, -0.2) is 21.8 Å². The maximum Gasteiger partial charge on any atom is 0.244 e. The predicted molar refractivity (Wildman–Crippen MR) is 104 cm³/mol. The lowest BCUT2D eigenvalue weighted by Crippen LogP contribution is -2.14. The molecule has 0 aliphatic rings. The molecule has 4 aromatic rings. The maximum atomic E-state index is 14.3. The minimum Gasteiger partial charge on any atom is -0.234 e. The number of nitrogens with zero attached hydrogens (tertiary/aromatic N) is 2. The van der Waals surface area contributed by atoms with Gasteiger partial charge in [-0.2, -0.15) is 0 Å². The lowest BCUT2D eigenvalue weighted by atomic mass is 10.0. The van der Waals surface area contributed by atoms with E-state index >= 15 is 0 Å². The molecule has 2 heterocycles. The molecule has 0 amide bonds. The highest BCUT2D eigenvalue weighted by Crippen LogP contribution is 2.32. The van der Waals surface area contributed by atoms with Crippen molar-refractivity contribution in [2.24, 2.45) is 0 Å². The molecular weight excluding hydrogens is 363 g/mol. The van der Waals surface area contributed by atoms with Crippen LogP contribution in [0.1, 0.15) is 11.3 Å². The first-order chi connectivity index (χ1) is 13.0. The highest BCUT2D eigenvalue weighted by Gasteiger charge is 2.20. The molecular formula is C21H17FN2O2S. The summed E-state index contributed by atoms with van der Waals surface area (Å²) in [5.41, 5.74) is 2.68. The van der Waals surface area contributed by atoms with Crippen molar-refractivity contribution < 1.29 is 12.8 Å². The molecule has 0 bridgehead atoms. The Kier molecular flexibility index (Phi) is 4.28. The van der Waals surface area contributed by atoms with E-state index in [2.05, 4.69) is 4.98 Å². The average molecular weight is 380 g/mol. The molecule has 0 atom stereocenters. The molecule has 4 nitrogen and oxygen atoms in total. The molecule has 2 aromatic heterocycles. The van der Waals surface area contributed by atoms with E-state index < -0.39 is 10.0 Å². The molecule has 27 heavy (non-hydrogen) atoms. The van der Waals surface area contributed by atoms with Gasteiger partial charge in [-0.15, -0.1) is 0 Å². The summed E-state index contributed by atoms with van der Waals surface area (Å²) in [4.78, 5) is 4.42. The van der Waals surface area contributed by atoms with Gasteiger partial charge >= 0.3 is 0 Å². The number of aryl methyl sites for hydroxylation is 1. The van der Waals surface area contributed by atoms with Gasteiger partial charge in [-0.05, 0) is 36.2 Å². The zero-order chi connectivity index (χ0) is 19.0. The number of fused-ring (bicyclic) bond motifs is 1. The second-order valence-electron chi connectivity index (χ2n) is 6.38. The molecule has 0 radical (unpaired) electrons. The summed E-state index contributed by atoms with van der Waals surface area (Å²) in [5, 5.41) is 0.599. The van der Waals surface area contributed by atoms with Gasteiger partial charge in [0.25, 0.3) is 0 Å². The van der Waals surface area contributed by atoms with Gasteiger partial charge in [-0.1, -0.05) is 48.5 Å². The minimum absolute atomic E-state index is 0.137. The fourth-order valence-corrected chi connectivity index (χ4v) is 4.59. The Labute approximate surface area is 157 Å². The lowest BCUT2D eigenvalue weighted by molar-refractivity contribution is 0.588. The topological polar surface area (TPSA) is 52.0 Å². The summed E-state index contributed by atoms with van der Waals surface area (Å²) in [6.07, 6.45) is 1.49. The molecule has 0 unspecified atom stereocenters. The van der Waals surface area contributed by atoms with Crippen LogP contribution in [0, 0.1) is 12.7 Å². The number of halogens is 1. The van der Waals surface area contributed by atoms with Crippen LogP contribution in [0.2, 0.25) is 0 Å². The first-order valence-electron chi connectivity index (χ1n) is 8.46. The van der Waals surface area contributed by atoms with E-state index in [4.69, 9.17) is 0 Å². The molecule has 4 rings (SSSR count). The monoisotopic (exact) mass is 380 g/mol. The van der Waals surface area contributed by atoms with E-state index in [0.717, 1.165) is 0 Å². The zero-order valence-corrected chi connectivity index (χ0v) is 15.4. The van der Waals surface area contributed by atoms with Crippen LogP contribution in [0.3, 0.4) is 0 Å². The second kappa shape index (κ2) is 6.63. The van der Waals surface area contributed by atoms with Crippen LogP contribution in [0.15, 0.2) is 72.9 Å². The van der Waals surface area contributed by atoms with E-state index in [9.17, 15) is 12.8 Å². The smallest absolute Gasteiger partial charge is 0.234 e. The number of benzene rings is 2. The van der Waals surface area contributed by atoms with Gasteiger partial charge in [-0.3, -0.25) is 0 Å². The molecule has 0 spiro atoms. The third-order valence-electron chi connectivity index (χ3n) is 4.41. The third-order valence-corrected chi connectivity index (χ3v) is 6.00. The summed E-state index contributed by atoms with van der Waals surface area (Å²) < 4.78 is 41.4. The molecule has 0 N–H and O–H groups in total. The molecule has 0 aliphatic heterocycles. The fraction of sp³-hybridized carbons (Fsp3) is 0.0952. The van der Waals surface area contributed by atoms with Gasteiger partial charge < -0.3 is 0 Å². The number of aromatic nitrogens is 2. The molecule has 0 saturated heterocycles. The number of pyridine rings is 1. The first kappa shape index (κ1) is 17.4. The lowest BCUT2D eigenvalue weighted by Gasteiger charge is -2.10. The number of hydrogen-bond acceptors (Lipinski definition) is 3. The first-order valence-corrected chi connectivity index (χ1v) is 10.1. The van der Waals surface area contributed by atoms with E-state index in [-0.39, 0.29) is 11.6 Å². The Hall–Kier alpha value is -2.99. The van der Waals surface area contributed by atoms with Crippen LogP contribution < -0.4 is 0 Å². The fourth-order valence-electron chi connectivity index (χ4n) is 3.19. The normalized spacial score (nSPS) is 11.8. The highest BCUT2D eigenvalue weighted by atomic mass is 32.2. The Bertz CT molecular complexity index is 1230. The van der Waals surface area contributed by atoms with Gasteiger partial charge in [0.2, 0.25) is 10.0 Å². The molecule has 0 saturated carbocycles. The SMILES string of the molecule is Cc1cc(-c2ccccc2F)c2ccn(S(=O)(=O)Cc3ccccc3)c2n1. The van der Waals surface area contributed by atoms with Crippen LogP contribution in [0.5, 0.6) is 0 Å². The largest absolute Gasteiger partial charge is 0.244 e. The van der Waals surface area contributed by atoms with Crippen LogP contribution in [0.4, 0.5) is 4.39 Å². The van der Waals surface area contributed by atoms with Crippen molar-refractivity contribution >= 4 is 21.1 Å². The molecule has 0 aliphatic carbocycles. The van der Waals surface area contributed by atoms with Gasteiger partial charge in [0.1, 0.15) is 5.82 Å². The van der Waals surface area contributed by atoms with Crippen LogP contribution in [-0.2, 0) is 15.8 Å². The summed E-state index contributed by atoms with van der Waals surface area (Å²) in [5.74, 6) is -0.494. The highest BCUT2D eigenvalue weighted by molar-refractivity contribution is 7.89. The Morgan fingerprint density at radius 3 is 2.41 bits per heavy atom. The summed E-state index contributed by atoms with van der Waals surface area (Å²) in [6.45, 7) is 1.77. The maximum absolute atomic E-state index is 14.3. The van der Waals surface area contributed by atoms with Crippen molar-refractivity contribution in [3.63, 3.8) is 0 Å². The summed E-state index contributed by atoms with van der Waals surface area (Å²) in [6, 6.07) is 18.9. The summed E-state index contributed by atoms with van der Waals surface area (Å²) >= 11 is 0. The average Bonchev–Trinajstić information content (AvgIpc) is 3.07. The van der Waals surface area contributed by atoms with Gasteiger partial charge in [0.05, 0.1) is 5.75 Å². The molecule has 136 valence electrons. The van der Waals surface area contributed by atoms with E-state index in [0.29, 0.717) is 33.4 Å². The predicted octanol–water partition coefficient (Wildman–Crippen LogP) is 4.53. The third kappa shape index (κ3) is 3.24. The quantitative estimate of drug-likeness (QED) is 0.523. The Morgan fingerprint density at radius 1 is 0.963 bits per heavy atom. The standard InChI is InChI=1S/C21H17FN2O2S/c1-15-13-19(17-9-5-6-10-20(17)22)18-11-12-24(21(18)23-15)27(25,26)14-16-7-3-2-4-8-16/h2-13H,14H2,1H3. The van der Waals surface area contributed by atoms with E-state index in [1.807, 2.05) is 6.07 Å². The van der Waals surface area contributed by atoms with Crippen molar-refractivity contribution in [3.05, 3.63) is 90.0 Å². The van der Waals surface area contributed by atoms with Crippen LogP contribution >= 0.6 is 0 Å².